The van der Waals surface area contributed by atoms with Crippen LogP contribution in [0.25, 0.3) is 11.0 Å². The molecular weight excluding hydrogens is 496 g/mol. The predicted octanol–water partition coefficient (Wildman–Crippen LogP) is 7.29. The Hall–Kier alpha value is -1.92. The third-order valence-corrected chi connectivity index (χ3v) is 11.0. The van der Waals surface area contributed by atoms with E-state index in [9.17, 15) is 4.79 Å². The molecule has 4 bridgehead atoms. The molecule has 3 aliphatic heterocycles. The lowest BCUT2D eigenvalue weighted by molar-refractivity contribution is -0.142. The number of benzene rings is 1. The van der Waals surface area contributed by atoms with Crippen LogP contribution in [0.5, 0.6) is 0 Å². The second-order valence-electron chi connectivity index (χ2n) is 13.2. The number of ether oxygens (including phenoxy) is 1. The molecule has 1 aromatic heterocycles. The molecule has 2 aromatic rings. The van der Waals surface area contributed by atoms with Gasteiger partial charge >= 0.3 is 5.97 Å². The van der Waals surface area contributed by atoms with Gasteiger partial charge in [0.15, 0.2) is 0 Å². The molecule has 40 heavy (non-hydrogen) atoms. The number of carbonyl (C=O) groups excluding carboxylic acids is 1. The lowest BCUT2D eigenvalue weighted by atomic mass is 9.73. The van der Waals surface area contributed by atoms with E-state index in [-0.39, 0.29) is 12.0 Å². The van der Waals surface area contributed by atoms with Gasteiger partial charge in [-0.1, -0.05) is 58.1 Å². The summed E-state index contributed by atoms with van der Waals surface area (Å²) in [5.74, 6) is 3.00. The van der Waals surface area contributed by atoms with Gasteiger partial charge in [-0.05, 0) is 88.3 Å². The minimum Gasteiger partial charge on any atom is -0.468 e. The van der Waals surface area contributed by atoms with E-state index in [1.807, 2.05) is 13.8 Å². The van der Waals surface area contributed by atoms with Gasteiger partial charge in [0.1, 0.15) is 5.82 Å². The van der Waals surface area contributed by atoms with Crippen molar-refractivity contribution < 1.29 is 9.53 Å². The van der Waals surface area contributed by atoms with Gasteiger partial charge in [0.05, 0.1) is 30.7 Å². The smallest absolute Gasteiger partial charge is 0.319 e. The van der Waals surface area contributed by atoms with E-state index in [4.69, 9.17) is 9.72 Å². The molecule has 6 heteroatoms. The number of nitrogens with zero attached hydrogens (tertiary/aromatic N) is 4. The fraction of sp³-hybridized carbons (Fsp3) is 0.765. The molecule has 4 heterocycles. The summed E-state index contributed by atoms with van der Waals surface area (Å²) in [5.41, 5.74) is 2.39. The number of imidazole rings is 1. The molecule has 3 saturated heterocycles. The summed E-state index contributed by atoms with van der Waals surface area (Å²) < 4.78 is 7.68. The molecule has 0 amide bonds. The van der Waals surface area contributed by atoms with Crippen LogP contribution in [0.2, 0.25) is 0 Å². The number of fused-ring (bicyclic) bond motifs is 5. The Morgan fingerprint density at radius 3 is 2.23 bits per heavy atom. The second-order valence-corrected chi connectivity index (χ2v) is 13.2. The maximum absolute atomic E-state index is 12.2. The van der Waals surface area contributed by atoms with E-state index in [0.29, 0.717) is 24.7 Å². The molecule has 2 aliphatic carbocycles. The van der Waals surface area contributed by atoms with Crippen molar-refractivity contribution in [3.8, 4) is 0 Å². The average molecular weight is 549 g/mol. The monoisotopic (exact) mass is 548 g/mol. The summed E-state index contributed by atoms with van der Waals surface area (Å²) in [6.07, 6.45) is 19.1. The maximum atomic E-state index is 12.2. The van der Waals surface area contributed by atoms with Crippen molar-refractivity contribution in [3.63, 3.8) is 0 Å². The van der Waals surface area contributed by atoms with Gasteiger partial charge in [-0.3, -0.25) is 14.6 Å². The summed E-state index contributed by atoms with van der Waals surface area (Å²) in [6, 6.07) is 11.7. The van der Waals surface area contributed by atoms with E-state index in [1.165, 1.54) is 95.5 Å². The van der Waals surface area contributed by atoms with Crippen molar-refractivity contribution in [1.29, 1.82) is 0 Å². The Labute approximate surface area is 241 Å². The number of hydrogen-bond donors (Lipinski definition) is 0. The van der Waals surface area contributed by atoms with E-state index in [0.717, 1.165) is 42.8 Å². The van der Waals surface area contributed by atoms with Gasteiger partial charge < -0.3 is 9.30 Å². The topological polar surface area (TPSA) is 50.6 Å². The molecule has 0 N–H and O–H groups in total. The Balaban J connectivity index is 0.00000142. The SMILES string of the molecule is CC.COC(=O)CN1CCCC1c1nc2ccccc2n1C1CC2CCCC(C1)N2C1CC2CCCCC(C2)C1. The average Bonchev–Trinajstić information content (AvgIpc) is 3.55. The van der Waals surface area contributed by atoms with Gasteiger partial charge in [-0.25, -0.2) is 4.98 Å². The van der Waals surface area contributed by atoms with E-state index < -0.39 is 0 Å². The number of aromatic nitrogens is 2. The highest BCUT2D eigenvalue weighted by Gasteiger charge is 2.46. The molecule has 7 rings (SSSR count). The fourth-order valence-corrected chi connectivity index (χ4v) is 9.53. The number of methoxy groups -OCH3 is 1. The molecule has 2 saturated carbocycles. The van der Waals surface area contributed by atoms with Gasteiger partial charge in [-0.2, -0.15) is 0 Å². The molecule has 1 aromatic carbocycles. The number of likely N-dealkylation sites (tertiary alicyclic amines) is 1. The van der Waals surface area contributed by atoms with E-state index >= 15 is 0 Å². The molecule has 0 spiro atoms. The van der Waals surface area contributed by atoms with Gasteiger partial charge in [0, 0.05) is 24.2 Å². The van der Waals surface area contributed by atoms with Crippen LogP contribution in [0.15, 0.2) is 24.3 Å². The van der Waals surface area contributed by atoms with Crippen molar-refractivity contribution in [2.75, 3.05) is 20.2 Å². The zero-order valence-corrected chi connectivity index (χ0v) is 25.3. The minimum atomic E-state index is -0.143. The van der Waals surface area contributed by atoms with Crippen molar-refractivity contribution in [1.82, 2.24) is 19.4 Å². The maximum Gasteiger partial charge on any atom is 0.319 e. The van der Waals surface area contributed by atoms with Gasteiger partial charge in [0.2, 0.25) is 0 Å². The molecule has 5 atom stereocenters. The Morgan fingerprint density at radius 1 is 0.825 bits per heavy atom. The Morgan fingerprint density at radius 2 is 1.52 bits per heavy atom. The molecule has 5 aliphatic rings. The lowest BCUT2D eigenvalue weighted by Crippen LogP contribution is -2.58. The standard InChI is InChI=1S/C32H46N4O2.C2H6/c1-38-31(37)21-34-15-7-14-30(34)32-33-28-12-4-5-13-29(28)36(32)27-19-24-10-6-11-25(20-27)35(24)26-17-22-8-2-3-9-23(16-22)18-26;1-2/h4-5,12-13,22-27,30H,2-3,6-11,14-21H2,1H3;1-2H3. The quantitative estimate of drug-likeness (QED) is 0.367. The number of piperidine rings is 2. The largest absolute Gasteiger partial charge is 0.468 e. The summed E-state index contributed by atoms with van der Waals surface area (Å²) >= 11 is 0. The van der Waals surface area contributed by atoms with Gasteiger partial charge in [0.25, 0.3) is 0 Å². The molecule has 5 unspecified atom stereocenters. The molecule has 0 radical (unpaired) electrons. The van der Waals surface area contributed by atoms with E-state index in [1.54, 1.807) is 0 Å². The zero-order chi connectivity index (χ0) is 27.6. The molecule has 6 nitrogen and oxygen atoms in total. The highest BCUT2D eigenvalue weighted by atomic mass is 16.5. The summed E-state index contributed by atoms with van der Waals surface area (Å²) in [5, 5.41) is 0. The highest BCUT2D eigenvalue weighted by Crippen LogP contribution is 2.48. The highest BCUT2D eigenvalue weighted by molar-refractivity contribution is 5.76. The summed E-state index contributed by atoms with van der Waals surface area (Å²) in [4.78, 5) is 22.9. The zero-order valence-electron chi connectivity index (χ0n) is 25.3. The summed E-state index contributed by atoms with van der Waals surface area (Å²) in [6.45, 7) is 5.30. The number of para-hydroxylation sites is 2. The molecule has 5 fully saturated rings. The van der Waals surface area contributed by atoms with Crippen LogP contribution in [-0.4, -0.2) is 63.6 Å². The van der Waals surface area contributed by atoms with E-state index in [2.05, 4.69) is 38.6 Å². The normalized spacial score (nSPS) is 34.6. The minimum absolute atomic E-state index is 0.143. The first-order chi connectivity index (χ1) is 19.7. The van der Waals surface area contributed by atoms with Crippen LogP contribution >= 0.6 is 0 Å². The Kier molecular flexibility index (Phi) is 8.83. The number of carbonyl (C=O) groups is 1. The fourth-order valence-electron chi connectivity index (χ4n) is 9.53. The number of rotatable bonds is 5. The first-order valence-corrected chi connectivity index (χ1v) is 16.7. The van der Waals surface area contributed by atoms with Crippen LogP contribution in [0.1, 0.15) is 122 Å². The number of hydrogen-bond acceptors (Lipinski definition) is 5. The van der Waals surface area contributed by atoms with Crippen molar-refractivity contribution in [2.45, 2.75) is 134 Å². The molecule has 220 valence electrons. The summed E-state index contributed by atoms with van der Waals surface area (Å²) in [7, 11) is 1.50. The third kappa shape index (κ3) is 5.47. The first kappa shape index (κ1) is 28.2. The van der Waals surface area contributed by atoms with Crippen LogP contribution in [0.3, 0.4) is 0 Å². The van der Waals surface area contributed by atoms with Crippen LogP contribution < -0.4 is 0 Å². The lowest BCUT2D eigenvalue weighted by Gasteiger charge is -2.55. The van der Waals surface area contributed by atoms with Crippen LogP contribution in [0, 0.1) is 11.8 Å². The van der Waals surface area contributed by atoms with Crippen LogP contribution in [-0.2, 0) is 9.53 Å². The van der Waals surface area contributed by atoms with Gasteiger partial charge in [-0.15, -0.1) is 0 Å². The Bertz CT molecular complexity index is 1120. The second kappa shape index (κ2) is 12.5. The molecular formula is C34H52N4O2. The number of esters is 1. The van der Waals surface area contributed by atoms with Crippen LogP contribution in [0.4, 0.5) is 0 Å². The first-order valence-electron chi connectivity index (χ1n) is 16.7. The predicted molar refractivity (Wildman–Crippen MR) is 161 cm³/mol. The van der Waals surface area contributed by atoms with Crippen molar-refractivity contribution >= 4 is 17.0 Å². The third-order valence-electron chi connectivity index (χ3n) is 11.0. The van der Waals surface area contributed by atoms with Crippen molar-refractivity contribution in [3.05, 3.63) is 30.1 Å². The van der Waals surface area contributed by atoms with Crippen molar-refractivity contribution in [2.24, 2.45) is 11.8 Å².